The van der Waals surface area contributed by atoms with Crippen molar-refractivity contribution in [1.29, 1.82) is 0 Å². The number of nitrogens with zero attached hydrogens (tertiary/aromatic N) is 1. The zero-order valence-corrected chi connectivity index (χ0v) is 14.0. The summed E-state index contributed by atoms with van der Waals surface area (Å²) in [7, 11) is 0. The van der Waals surface area contributed by atoms with Crippen LogP contribution in [0.4, 0.5) is 14.5 Å². The number of halogens is 2. The molecule has 3 rings (SSSR count). The third-order valence-corrected chi connectivity index (χ3v) is 4.20. The van der Waals surface area contributed by atoms with E-state index >= 15 is 0 Å². The number of amides is 2. The topological polar surface area (TPSA) is 49.4 Å². The van der Waals surface area contributed by atoms with Gasteiger partial charge in [-0.2, -0.15) is 0 Å². The molecule has 1 N–H and O–H groups in total. The summed E-state index contributed by atoms with van der Waals surface area (Å²) in [6.07, 6.45) is 0.431. The van der Waals surface area contributed by atoms with Crippen LogP contribution in [0.15, 0.2) is 36.4 Å². The standard InChI is InChI=1S/C19H18F2N2O2/c1-11-7-12(2)9-14(8-11)23-6-5-17(19(23)25)22-18(24)15-4-3-13(20)10-16(15)21/h3-4,7-10,17H,5-6H2,1-2H3,(H,22,24)/t17-/m1/s1. The van der Waals surface area contributed by atoms with Crippen LogP contribution in [-0.2, 0) is 4.79 Å². The molecule has 0 bridgehead atoms. The number of hydrogen-bond donors (Lipinski definition) is 1. The number of benzene rings is 2. The van der Waals surface area contributed by atoms with Crippen LogP contribution in [0, 0.1) is 25.5 Å². The van der Waals surface area contributed by atoms with Gasteiger partial charge in [0.25, 0.3) is 5.91 Å². The van der Waals surface area contributed by atoms with E-state index in [9.17, 15) is 18.4 Å². The van der Waals surface area contributed by atoms with Crippen molar-refractivity contribution in [2.24, 2.45) is 0 Å². The van der Waals surface area contributed by atoms with E-state index in [0.29, 0.717) is 19.0 Å². The zero-order chi connectivity index (χ0) is 18.1. The Morgan fingerprint density at radius 2 is 1.80 bits per heavy atom. The van der Waals surface area contributed by atoms with Crippen molar-refractivity contribution in [2.75, 3.05) is 11.4 Å². The first-order valence-corrected chi connectivity index (χ1v) is 8.01. The Kier molecular flexibility index (Phi) is 4.53. The molecular weight excluding hydrogens is 326 g/mol. The highest BCUT2D eigenvalue weighted by molar-refractivity contribution is 6.04. The van der Waals surface area contributed by atoms with Crippen molar-refractivity contribution in [2.45, 2.75) is 26.3 Å². The molecule has 0 aromatic heterocycles. The van der Waals surface area contributed by atoms with Gasteiger partial charge in [-0.25, -0.2) is 8.78 Å². The SMILES string of the molecule is Cc1cc(C)cc(N2CC[C@@H](NC(=O)c3ccc(F)cc3F)C2=O)c1. The summed E-state index contributed by atoms with van der Waals surface area (Å²) in [6.45, 7) is 4.37. The van der Waals surface area contributed by atoms with Gasteiger partial charge in [0, 0.05) is 18.3 Å². The lowest BCUT2D eigenvalue weighted by atomic mass is 10.1. The number of carbonyl (C=O) groups is 2. The van der Waals surface area contributed by atoms with Crippen LogP contribution >= 0.6 is 0 Å². The maximum absolute atomic E-state index is 13.7. The van der Waals surface area contributed by atoms with E-state index in [1.807, 2.05) is 32.0 Å². The van der Waals surface area contributed by atoms with Gasteiger partial charge < -0.3 is 10.2 Å². The predicted octanol–water partition coefficient (Wildman–Crippen LogP) is 3.12. The summed E-state index contributed by atoms with van der Waals surface area (Å²) < 4.78 is 26.7. The van der Waals surface area contributed by atoms with Gasteiger partial charge in [-0.05, 0) is 55.7 Å². The van der Waals surface area contributed by atoms with Crippen molar-refractivity contribution in [1.82, 2.24) is 5.32 Å². The molecule has 2 aromatic carbocycles. The molecule has 0 saturated carbocycles. The molecule has 25 heavy (non-hydrogen) atoms. The molecule has 1 heterocycles. The van der Waals surface area contributed by atoms with E-state index in [0.717, 1.165) is 28.9 Å². The average Bonchev–Trinajstić information content (AvgIpc) is 2.87. The first-order chi connectivity index (χ1) is 11.8. The predicted molar refractivity (Wildman–Crippen MR) is 90.5 cm³/mol. The summed E-state index contributed by atoms with van der Waals surface area (Å²) in [5.74, 6) is -2.67. The maximum Gasteiger partial charge on any atom is 0.254 e. The van der Waals surface area contributed by atoms with Crippen molar-refractivity contribution in [3.63, 3.8) is 0 Å². The van der Waals surface area contributed by atoms with Crippen LogP contribution in [0.25, 0.3) is 0 Å². The highest BCUT2D eigenvalue weighted by atomic mass is 19.1. The summed E-state index contributed by atoms with van der Waals surface area (Å²) in [5.41, 5.74) is 2.60. The largest absolute Gasteiger partial charge is 0.340 e. The van der Waals surface area contributed by atoms with Crippen LogP contribution in [0.5, 0.6) is 0 Å². The Bertz CT molecular complexity index is 831. The fraction of sp³-hybridized carbons (Fsp3) is 0.263. The van der Waals surface area contributed by atoms with E-state index in [1.165, 1.54) is 0 Å². The number of aryl methyl sites for hydroxylation is 2. The number of nitrogens with one attached hydrogen (secondary N) is 1. The van der Waals surface area contributed by atoms with Crippen LogP contribution in [0.1, 0.15) is 27.9 Å². The molecule has 2 amide bonds. The van der Waals surface area contributed by atoms with Gasteiger partial charge in [0.15, 0.2) is 0 Å². The highest BCUT2D eigenvalue weighted by Gasteiger charge is 2.34. The number of carbonyl (C=O) groups excluding carboxylic acids is 2. The molecule has 0 aliphatic carbocycles. The third-order valence-electron chi connectivity index (χ3n) is 4.20. The molecular formula is C19H18F2N2O2. The van der Waals surface area contributed by atoms with Crippen molar-refractivity contribution >= 4 is 17.5 Å². The molecule has 1 aliphatic rings. The Hall–Kier alpha value is -2.76. The third kappa shape index (κ3) is 3.52. The first-order valence-electron chi connectivity index (χ1n) is 8.01. The molecule has 1 fully saturated rings. The van der Waals surface area contributed by atoms with Crippen molar-refractivity contribution in [3.05, 3.63) is 64.7 Å². The van der Waals surface area contributed by atoms with E-state index in [2.05, 4.69) is 5.32 Å². The number of anilines is 1. The van der Waals surface area contributed by atoms with Gasteiger partial charge in [0.05, 0.1) is 5.56 Å². The summed E-state index contributed by atoms with van der Waals surface area (Å²) in [4.78, 5) is 26.4. The van der Waals surface area contributed by atoms with Crippen LogP contribution in [-0.4, -0.2) is 24.4 Å². The van der Waals surface area contributed by atoms with E-state index in [4.69, 9.17) is 0 Å². The van der Waals surface area contributed by atoms with Gasteiger partial charge in [0.2, 0.25) is 5.91 Å². The van der Waals surface area contributed by atoms with E-state index in [1.54, 1.807) is 4.90 Å². The smallest absolute Gasteiger partial charge is 0.254 e. The molecule has 2 aromatic rings. The van der Waals surface area contributed by atoms with Crippen LogP contribution < -0.4 is 10.2 Å². The minimum Gasteiger partial charge on any atom is -0.340 e. The van der Waals surface area contributed by atoms with Crippen molar-refractivity contribution < 1.29 is 18.4 Å². The normalized spacial score (nSPS) is 17.0. The molecule has 0 radical (unpaired) electrons. The molecule has 1 atom stereocenters. The van der Waals surface area contributed by atoms with Gasteiger partial charge in [-0.3, -0.25) is 9.59 Å². The zero-order valence-electron chi connectivity index (χ0n) is 14.0. The lowest BCUT2D eigenvalue weighted by Crippen LogP contribution is -2.41. The monoisotopic (exact) mass is 344 g/mol. The number of rotatable bonds is 3. The summed E-state index contributed by atoms with van der Waals surface area (Å²) >= 11 is 0. The van der Waals surface area contributed by atoms with Crippen LogP contribution in [0.2, 0.25) is 0 Å². The van der Waals surface area contributed by atoms with Gasteiger partial charge >= 0.3 is 0 Å². The van der Waals surface area contributed by atoms with Crippen molar-refractivity contribution in [3.8, 4) is 0 Å². The Labute approximate surface area is 144 Å². The maximum atomic E-state index is 13.7. The molecule has 6 heteroatoms. The lowest BCUT2D eigenvalue weighted by molar-refractivity contribution is -0.118. The van der Waals surface area contributed by atoms with Gasteiger partial charge in [-0.1, -0.05) is 6.07 Å². The van der Waals surface area contributed by atoms with E-state index in [-0.39, 0.29) is 11.5 Å². The Morgan fingerprint density at radius 3 is 2.44 bits per heavy atom. The second-order valence-electron chi connectivity index (χ2n) is 6.27. The first kappa shape index (κ1) is 17.1. The molecule has 0 spiro atoms. The summed E-state index contributed by atoms with van der Waals surface area (Å²) in [5, 5.41) is 2.54. The Balaban J connectivity index is 1.74. The minimum absolute atomic E-state index is 0.235. The highest BCUT2D eigenvalue weighted by Crippen LogP contribution is 2.24. The van der Waals surface area contributed by atoms with Gasteiger partial charge in [0.1, 0.15) is 17.7 Å². The van der Waals surface area contributed by atoms with Crippen LogP contribution in [0.3, 0.4) is 0 Å². The second-order valence-corrected chi connectivity index (χ2v) is 6.27. The van der Waals surface area contributed by atoms with Gasteiger partial charge in [-0.15, -0.1) is 0 Å². The quantitative estimate of drug-likeness (QED) is 0.930. The molecule has 4 nitrogen and oxygen atoms in total. The Morgan fingerprint density at radius 1 is 1.12 bits per heavy atom. The lowest BCUT2D eigenvalue weighted by Gasteiger charge is -2.18. The van der Waals surface area contributed by atoms with E-state index < -0.39 is 23.6 Å². The molecule has 130 valence electrons. The second kappa shape index (κ2) is 6.63. The minimum atomic E-state index is -0.950. The fourth-order valence-corrected chi connectivity index (χ4v) is 3.09. The average molecular weight is 344 g/mol. The molecule has 0 unspecified atom stereocenters. The molecule has 1 aliphatic heterocycles. The fourth-order valence-electron chi connectivity index (χ4n) is 3.09. The number of hydrogen-bond acceptors (Lipinski definition) is 2. The molecule has 1 saturated heterocycles. The summed E-state index contributed by atoms with van der Waals surface area (Å²) in [6, 6.07) is 7.84.